The van der Waals surface area contributed by atoms with Gasteiger partial charge in [-0.3, -0.25) is 19.9 Å². The first kappa shape index (κ1) is 52.0. The van der Waals surface area contributed by atoms with Crippen molar-refractivity contribution in [2.24, 2.45) is 5.14 Å². The quantitative estimate of drug-likeness (QED) is 0.111. The monoisotopic (exact) mass is 902 g/mol. The van der Waals surface area contributed by atoms with Crippen molar-refractivity contribution in [2.75, 3.05) is 0 Å². The van der Waals surface area contributed by atoms with Gasteiger partial charge in [0, 0.05) is 57.8 Å². The number of benzene rings is 2. The van der Waals surface area contributed by atoms with E-state index in [1.165, 1.54) is 6.20 Å². The Morgan fingerprint density at radius 1 is 0.677 bits per heavy atom. The van der Waals surface area contributed by atoms with Crippen molar-refractivity contribution in [1.29, 1.82) is 10.5 Å². The van der Waals surface area contributed by atoms with Crippen molar-refractivity contribution < 1.29 is 26.4 Å². The summed E-state index contributed by atoms with van der Waals surface area (Å²) >= 11 is 0. The Kier molecular flexibility index (Phi) is 17.7. The summed E-state index contributed by atoms with van der Waals surface area (Å²) in [5.74, 6) is 0. The molecule has 16 nitrogen and oxygen atoms in total. The van der Waals surface area contributed by atoms with Gasteiger partial charge in [0.2, 0.25) is 0 Å². The fraction of sp³-hybridized carbons (Fsp3) is 0.279. The highest BCUT2D eigenvalue weighted by atomic mass is 35.5. The zero-order valence-corrected chi connectivity index (χ0v) is 36.2. The van der Waals surface area contributed by atoms with Crippen LogP contribution < -0.4 is 19.3 Å². The maximum Gasteiger partial charge on any atom is 0.422 e. The van der Waals surface area contributed by atoms with Gasteiger partial charge >= 0.3 is 16.3 Å². The first-order valence-corrected chi connectivity index (χ1v) is 21.0. The third kappa shape index (κ3) is 13.4. The molecule has 0 unspecified atom stereocenters. The van der Waals surface area contributed by atoms with Crippen LogP contribution in [-0.2, 0) is 38.2 Å². The van der Waals surface area contributed by atoms with Crippen LogP contribution in [0, 0.1) is 50.4 Å². The summed E-state index contributed by atoms with van der Waals surface area (Å²) in [4.78, 5) is 29.1. The number of hydrogen-bond donors (Lipinski definition) is 4. The predicted molar refractivity (Wildman–Crippen MR) is 244 cm³/mol. The molecule has 4 heterocycles. The van der Waals surface area contributed by atoms with Gasteiger partial charge in [-0.05, 0) is 107 Å². The van der Waals surface area contributed by atoms with Gasteiger partial charge in [-0.15, -0.1) is 12.4 Å². The molecule has 0 aliphatic heterocycles. The number of pyridine rings is 4. The van der Waals surface area contributed by atoms with Gasteiger partial charge in [0.05, 0.1) is 46.6 Å². The fourth-order valence-electron chi connectivity index (χ4n) is 5.84. The molecule has 6 rings (SSSR count). The minimum Gasteiger partial charge on any atom is -0.443 e. The Morgan fingerprint density at radius 3 is 1.44 bits per heavy atom. The Bertz CT molecular complexity index is 2890. The van der Waals surface area contributed by atoms with E-state index in [1.807, 2.05) is 52.0 Å². The zero-order valence-electron chi connectivity index (χ0n) is 33.8. The predicted octanol–water partition coefficient (Wildman–Crippen LogP) is 7.42. The van der Waals surface area contributed by atoms with Crippen LogP contribution in [0.5, 0.6) is 0 Å². The summed E-state index contributed by atoms with van der Waals surface area (Å²) in [5, 5.41) is 25.7. The van der Waals surface area contributed by atoms with E-state index >= 15 is 0 Å². The third-order valence-electron chi connectivity index (χ3n) is 8.95. The summed E-state index contributed by atoms with van der Waals surface area (Å²) in [6, 6.07) is 19.3. The SMILES string of the molecule is C.C.Cc1cc2ncc(C#N)c(-c3ccc(CNS(=O)(=O)NC(=O)OC(C)(C)C)nc3)c2cc1C.Cc1cc2ncc(C#N)c(-c3ccc(CNS(N)(=O)=O)nc3)c2cc1C.Cl. The Balaban J connectivity index is 0.000000417. The lowest BCUT2D eigenvalue weighted by atomic mass is 9.95. The number of ether oxygens (including phenoxy) is 1. The Hall–Kier alpha value is -6.12. The molecule has 1 amide bonds. The summed E-state index contributed by atoms with van der Waals surface area (Å²) in [6.45, 7) is 12.8. The van der Waals surface area contributed by atoms with E-state index < -0.39 is 32.1 Å². The number of amides is 1. The molecule has 62 heavy (non-hydrogen) atoms. The standard InChI is InChI=1S/C23H25N5O4S.C18H17N5O2S.2CH4.ClH/c1-14-8-19-20(9-15(14)2)26-12-17(10-24)21(19)16-6-7-18(25-11-16)13-27-33(30,31)28-22(29)32-23(3,4)5;1-11-5-16-17(6-12(11)2)22-9-14(7-19)18(16)13-3-4-15(21-8-13)10-23-26(20,24)25;;;/h6-9,11-12,27H,13H2,1-5H3,(H,28,29);3-6,8-9,23H,10H2,1-2H3,(H2,20,24,25);2*1H4;1H. The minimum atomic E-state index is -4.13. The van der Waals surface area contributed by atoms with Crippen LogP contribution in [0.2, 0.25) is 0 Å². The molecule has 0 aliphatic carbocycles. The average Bonchev–Trinajstić information content (AvgIpc) is 3.16. The number of hydrogen-bond acceptors (Lipinski definition) is 12. The second kappa shape index (κ2) is 21.1. The first-order chi connectivity index (χ1) is 27.7. The van der Waals surface area contributed by atoms with Gasteiger partial charge < -0.3 is 4.74 Å². The summed E-state index contributed by atoms with van der Waals surface area (Å²) in [6.07, 6.45) is 5.22. The lowest BCUT2D eigenvalue weighted by Gasteiger charge is -2.19. The number of nitrogens with zero attached hydrogens (tertiary/aromatic N) is 6. The van der Waals surface area contributed by atoms with Gasteiger partial charge in [0.25, 0.3) is 10.2 Å². The fourth-order valence-corrected chi connectivity index (χ4v) is 6.86. The second-order valence-corrected chi connectivity index (χ2v) is 17.5. The number of carbonyl (C=O) groups is 1. The van der Waals surface area contributed by atoms with Gasteiger partial charge in [0.15, 0.2) is 0 Å². The maximum absolute atomic E-state index is 12.1. The lowest BCUT2D eigenvalue weighted by Crippen LogP contribution is -2.42. The number of carbonyl (C=O) groups excluding carboxylic acids is 1. The molecule has 0 aliphatic rings. The highest BCUT2D eigenvalue weighted by Crippen LogP contribution is 2.33. The number of nitriles is 2. The van der Waals surface area contributed by atoms with Crippen molar-refractivity contribution >= 4 is 60.7 Å². The molecular weight excluding hydrogens is 852 g/mol. The van der Waals surface area contributed by atoms with Crippen LogP contribution in [0.25, 0.3) is 44.1 Å². The largest absolute Gasteiger partial charge is 0.443 e. The van der Waals surface area contributed by atoms with Gasteiger partial charge in [-0.2, -0.15) is 36.8 Å². The highest BCUT2D eigenvalue weighted by Gasteiger charge is 2.21. The zero-order chi connectivity index (χ0) is 43.3. The van der Waals surface area contributed by atoms with Crippen molar-refractivity contribution in [1.82, 2.24) is 34.1 Å². The maximum atomic E-state index is 12.1. The number of halogens is 1. The number of aromatic nitrogens is 4. The van der Waals surface area contributed by atoms with E-state index in [2.05, 4.69) is 41.5 Å². The lowest BCUT2D eigenvalue weighted by molar-refractivity contribution is 0.0569. The Morgan fingerprint density at radius 2 is 1.08 bits per heavy atom. The molecular formula is C43H51ClN10O6S2. The number of fused-ring (bicyclic) bond motifs is 2. The highest BCUT2D eigenvalue weighted by molar-refractivity contribution is 7.88. The van der Waals surface area contributed by atoms with Crippen molar-refractivity contribution in [3.63, 3.8) is 0 Å². The second-order valence-electron chi connectivity index (χ2n) is 14.6. The molecule has 0 spiro atoms. The van der Waals surface area contributed by atoms with E-state index in [0.717, 1.165) is 60.8 Å². The topological polar surface area (TPSA) is 256 Å². The molecule has 0 fully saturated rings. The summed E-state index contributed by atoms with van der Waals surface area (Å²) in [7, 11) is -7.90. The molecule has 2 aromatic carbocycles. The van der Waals surface area contributed by atoms with Crippen molar-refractivity contribution in [3.05, 3.63) is 118 Å². The number of nitrogens with two attached hydrogens (primary N) is 1. The molecule has 19 heteroatoms. The molecule has 328 valence electrons. The van der Waals surface area contributed by atoms with E-state index in [4.69, 9.17) is 9.88 Å². The number of aryl methyl sites for hydroxylation is 4. The molecule has 4 aromatic heterocycles. The van der Waals surface area contributed by atoms with E-state index in [0.29, 0.717) is 28.1 Å². The van der Waals surface area contributed by atoms with Crippen molar-refractivity contribution in [3.8, 4) is 34.4 Å². The average molecular weight is 904 g/mol. The molecule has 6 aromatic rings. The molecule has 0 saturated heterocycles. The van der Waals surface area contributed by atoms with E-state index in [9.17, 15) is 32.2 Å². The van der Waals surface area contributed by atoms with Gasteiger partial charge in [-0.1, -0.05) is 27.0 Å². The Labute approximate surface area is 369 Å². The molecule has 0 atom stereocenters. The smallest absolute Gasteiger partial charge is 0.422 e. The number of nitrogens with one attached hydrogen (secondary N) is 3. The molecule has 5 N–H and O–H groups in total. The third-order valence-corrected chi connectivity index (χ3v) is 10.5. The summed E-state index contributed by atoms with van der Waals surface area (Å²) in [5.41, 5.74) is 9.95. The van der Waals surface area contributed by atoms with E-state index in [1.54, 1.807) is 68.3 Å². The summed E-state index contributed by atoms with van der Waals surface area (Å²) < 4.78 is 57.3. The minimum absolute atomic E-state index is 0. The molecule has 0 radical (unpaired) electrons. The first-order valence-electron chi connectivity index (χ1n) is 18.0. The van der Waals surface area contributed by atoms with Crippen LogP contribution in [0.4, 0.5) is 4.79 Å². The van der Waals surface area contributed by atoms with Crippen LogP contribution in [0.1, 0.15) is 80.4 Å². The number of rotatable bonds is 9. The van der Waals surface area contributed by atoms with Crippen LogP contribution in [0.3, 0.4) is 0 Å². The van der Waals surface area contributed by atoms with Gasteiger partial charge in [0.1, 0.15) is 17.7 Å². The normalized spacial score (nSPS) is 11.1. The van der Waals surface area contributed by atoms with Crippen LogP contribution in [-0.4, -0.2) is 48.5 Å². The van der Waals surface area contributed by atoms with Crippen LogP contribution in [0.15, 0.2) is 73.3 Å². The van der Waals surface area contributed by atoms with E-state index in [-0.39, 0.29) is 40.3 Å². The van der Waals surface area contributed by atoms with Crippen LogP contribution >= 0.6 is 12.4 Å². The van der Waals surface area contributed by atoms with Crippen molar-refractivity contribution in [2.45, 2.75) is 82.0 Å². The molecule has 0 saturated carbocycles. The van der Waals surface area contributed by atoms with Gasteiger partial charge in [-0.25, -0.2) is 14.7 Å². The molecule has 0 bridgehead atoms.